The Morgan fingerprint density at radius 3 is 2.75 bits per heavy atom. The average Bonchev–Trinajstić information content (AvgIpc) is 2.30. The highest BCUT2D eigenvalue weighted by atomic mass is 127. The molecule has 0 spiro atoms. The molecule has 12 heteroatoms. The second kappa shape index (κ2) is 5.41. The fraction of sp³-hybridized carbons (Fsp3) is 0.125. The first kappa shape index (κ1) is 14.2. The minimum Gasteiger partial charge on any atom is -0.492 e. The van der Waals surface area contributed by atoms with Crippen molar-refractivity contribution in [3.8, 4) is 5.88 Å². The van der Waals surface area contributed by atoms with Crippen LogP contribution in [-0.4, -0.2) is 44.0 Å². The summed E-state index contributed by atoms with van der Waals surface area (Å²) in [7, 11) is 0. The number of amides is 1. The molecule has 0 bridgehead atoms. The van der Waals surface area contributed by atoms with Crippen molar-refractivity contribution >= 4 is 45.9 Å². The van der Waals surface area contributed by atoms with Gasteiger partial charge in [-0.15, -0.1) is 0 Å². The van der Waals surface area contributed by atoms with Gasteiger partial charge in [0.2, 0.25) is 5.88 Å². The molecule has 0 fully saturated rings. The number of nitrogens with one attached hydrogen (secondary N) is 3. The Labute approximate surface area is 124 Å². The van der Waals surface area contributed by atoms with Crippen LogP contribution < -0.4 is 22.0 Å². The second-order valence-electron chi connectivity index (χ2n) is 3.51. The van der Waals surface area contributed by atoms with Gasteiger partial charge in [0, 0.05) is 0 Å². The number of rotatable bonds is 2. The summed E-state index contributed by atoms with van der Waals surface area (Å²) < 4.78 is 0.177. The molecule has 0 radical (unpaired) electrons. The summed E-state index contributed by atoms with van der Waals surface area (Å²) in [5, 5.41) is 24.7. The Hall–Kier alpha value is -2.22. The zero-order valence-electron chi connectivity index (χ0n) is 9.59. The van der Waals surface area contributed by atoms with E-state index in [0.29, 0.717) is 0 Å². The lowest BCUT2D eigenvalue weighted by molar-refractivity contribution is -0.114. The van der Waals surface area contributed by atoms with Crippen molar-refractivity contribution in [2.45, 2.75) is 6.23 Å². The Morgan fingerprint density at radius 2 is 2.15 bits per heavy atom. The molecule has 1 amide bonds. The van der Waals surface area contributed by atoms with Crippen LogP contribution in [0.4, 0.5) is 5.69 Å². The highest BCUT2D eigenvalue weighted by molar-refractivity contribution is 14.1. The van der Waals surface area contributed by atoms with E-state index in [-0.39, 0.29) is 15.5 Å². The van der Waals surface area contributed by atoms with Gasteiger partial charge in [-0.25, -0.2) is 4.99 Å². The number of aliphatic hydroxyl groups excluding tert-OH is 1. The molecule has 1 atom stereocenters. The Bertz CT molecular complexity index is 682. The van der Waals surface area contributed by atoms with E-state index in [2.05, 4.69) is 30.8 Å². The minimum absolute atomic E-state index is 0.177. The van der Waals surface area contributed by atoms with Gasteiger partial charge in [-0.1, -0.05) is 0 Å². The van der Waals surface area contributed by atoms with Gasteiger partial charge >= 0.3 is 0 Å². The Kier molecular flexibility index (Phi) is 3.84. The third-order valence-corrected chi connectivity index (χ3v) is 2.65. The summed E-state index contributed by atoms with van der Waals surface area (Å²) in [5.41, 5.74) is 5.89. The number of aromatic nitrogens is 2. The molecule has 1 aromatic heterocycles. The number of anilines is 1. The molecule has 2 rings (SSSR count). The number of aliphatic imine (C=N–C) groups is 1. The number of aromatic amines is 1. The van der Waals surface area contributed by atoms with E-state index in [1.807, 2.05) is 0 Å². The third-order valence-electron chi connectivity index (χ3n) is 2.14. The molecule has 2 heterocycles. The number of aromatic hydroxyl groups is 1. The van der Waals surface area contributed by atoms with Crippen LogP contribution in [0.3, 0.4) is 0 Å². The van der Waals surface area contributed by atoms with Gasteiger partial charge in [0.15, 0.2) is 27.4 Å². The zero-order valence-corrected chi connectivity index (χ0v) is 11.7. The van der Waals surface area contributed by atoms with Crippen molar-refractivity contribution in [3.05, 3.63) is 14.2 Å². The lowest BCUT2D eigenvalue weighted by Gasteiger charge is -2.16. The van der Waals surface area contributed by atoms with Gasteiger partial charge in [0.25, 0.3) is 11.5 Å². The van der Waals surface area contributed by atoms with Crippen molar-refractivity contribution in [3.63, 3.8) is 0 Å². The number of aliphatic hydroxyl groups is 1. The first-order valence-corrected chi connectivity index (χ1v) is 6.11. The van der Waals surface area contributed by atoms with Gasteiger partial charge in [0.05, 0.1) is 0 Å². The molecule has 20 heavy (non-hydrogen) atoms. The maximum absolute atomic E-state index is 11.5. The monoisotopic (exact) mass is 393 g/mol. The molecule has 11 nitrogen and oxygen atoms in total. The van der Waals surface area contributed by atoms with Crippen LogP contribution in [0.25, 0.3) is 0 Å². The number of nitrogens with zero attached hydrogens (tertiary/aromatic N) is 3. The molecule has 1 unspecified atom stereocenters. The molecule has 1 aliphatic rings. The SMILES string of the molecule is NC1=NC(O)C(=NNc2c(O)nc(I)[nH]c2=O)C(=O)N1. The normalized spacial score (nSPS) is 20.5. The third kappa shape index (κ3) is 2.85. The summed E-state index contributed by atoms with van der Waals surface area (Å²) in [6.07, 6.45) is -1.57. The van der Waals surface area contributed by atoms with Crippen molar-refractivity contribution < 1.29 is 15.0 Å². The van der Waals surface area contributed by atoms with Gasteiger partial charge in [-0.3, -0.25) is 25.3 Å². The predicted molar refractivity (Wildman–Crippen MR) is 76.1 cm³/mol. The van der Waals surface area contributed by atoms with Crippen molar-refractivity contribution in [1.82, 2.24) is 15.3 Å². The molecule has 0 saturated carbocycles. The summed E-state index contributed by atoms with van der Waals surface area (Å²) in [6.45, 7) is 0. The fourth-order valence-corrected chi connectivity index (χ4v) is 1.76. The summed E-state index contributed by atoms with van der Waals surface area (Å²) in [6, 6.07) is 0. The average molecular weight is 393 g/mol. The second-order valence-corrected chi connectivity index (χ2v) is 4.53. The topological polar surface area (TPSA) is 178 Å². The maximum Gasteiger partial charge on any atom is 0.280 e. The van der Waals surface area contributed by atoms with E-state index in [9.17, 15) is 19.8 Å². The number of carbonyl (C=O) groups excluding carboxylic acids is 1. The maximum atomic E-state index is 11.5. The van der Waals surface area contributed by atoms with E-state index >= 15 is 0 Å². The molecular formula is C8H8IN7O4. The van der Waals surface area contributed by atoms with Gasteiger partial charge < -0.3 is 15.9 Å². The lowest BCUT2D eigenvalue weighted by atomic mass is 10.3. The summed E-state index contributed by atoms with van der Waals surface area (Å²) in [4.78, 5) is 32.4. The van der Waals surface area contributed by atoms with E-state index in [4.69, 9.17) is 5.73 Å². The number of hydrazone groups is 1. The molecular weight excluding hydrogens is 385 g/mol. The molecule has 0 aliphatic carbocycles. The first-order chi connectivity index (χ1) is 9.38. The van der Waals surface area contributed by atoms with Crippen LogP contribution in [0.5, 0.6) is 5.88 Å². The van der Waals surface area contributed by atoms with Gasteiger partial charge in [-0.05, 0) is 22.6 Å². The zero-order chi connectivity index (χ0) is 14.9. The standard InChI is InChI=1S/C8H8IN7O4/c9-7-11-3(17)1(4(18)12-7)15-16-2-5(19)13-8(10)14-6(2)20/h5,15,19H,(H3,10,13,14,20)(H2,11,12,17,18). The molecule has 7 N–H and O–H groups in total. The van der Waals surface area contributed by atoms with Gasteiger partial charge in [0.1, 0.15) is 0 Å². The van der Waals surface area contributed by atoms with Crippen LogP contribution in [-0.2, 0) is 4.79 Å². The van der Waals surface area contributed by atoms with Crippen molar-refractivity contribution in [2.24, 2.45) is 15.8 Å². The molecule has 1 aliphatic heterocycles. The molecule has 0 aromatic carbocycles. The molecule has 0 saturated heterocycles. The Balaban J connectivity index is 2.30. The first-order valence-electron chi connectivity index (χ1n) is 5.03. The summed E-state index contributed by atoms with van der Waals surface area (Å²) >= 11 is 1.70. The quantitative estimate of drug-likeness (QED) is 0.184. The van der Waals surface area contributed by atoms with Crippen molar-refractivity contribution in [1.29, 1.82) is 0 Å². The van der Waals surface area contributed by atoms with E-state index in [1.54, 1.807) is 22.6 Å². The number of H-pyrrole nitrogens is 1. The fourth-order valence-electron chi connectivity index (χ4n) is 1.28. The number of hydrogen-bond acceptors (Lipinski definition) is 9. The number of nitrogens with two attached hydrogens (primary N) is 1. The van der Waals surface area contributed by atoms with E-state index < -0.39 is 29.3 Å². The molecule has 106 valence electrons. The number of hydrogen-bond donors (Lipinski definition) is 6. The molecule has 1 aromatic rings. The van der Waals surface area contributed by atoms with Crippen LogP contribution >= 0.6 is 22.6 Å². The minimum atomic E-state index is -1.57. The number of guanidine groups is 1. The van der Waals surface area contributed by atoms with Crippen LogP contribution in [0, 0.1) is 3.83 Å². The van der Waals surface area contributed by atoms with Gasteiger partial charge in [-0.2, -0.15) is 10.1 Å². The van der Waals surface area contributed by atoms with E-state index in [1.165, 1.54) is 0 Å². The van der Waals surface area contributed by atoms with Crippen molar-refractivity contribution in [2.75, 3.05) is 5.43 Å². The van der Waals surface area contributed by atoms with E-state index in [0.717, 1.165) is 0 Å². The largest absolute Gasteiger partial charge is 0.492 e. The Morgan fingerprint density at radius 1 is 1.45 bits per heavy atom. The number of halogens is 1. The summed E-state index contributed by atoms with van der Waals surface area (Å²) in [5.74, 6) is -1.64. The van der Waals surface area contributed by atoms with Crippen LogP contribution in [0.2, 0.25) is 0 Å². The smallest absolute Gasteiger partial charge is 0.280 e. The number of carbonyl (C=O) groups is 1. The lowest BCUT2D eigenvalue weighted by Crippen LogP contribution is -2.50. The van der Waals surface area contributed by atoms with Crippen LogP contribution in [0.1, 0.15) is 0 Å². The highest BCUT2D eigenvalue weighted by Crippen LogP contribution is 2.15. The highest BCUT2D eigenvalue weighted by Gasteiger charge is 2.26. The van der Waals surface area contributed by atoms with Crippen LogP contribution in [0.15, 0.2) is 14.9 Å². The predicted octanol–water partition coefficient (Wildman–Crippen LogP) is -2.39.